The van der Waals surface area contributed by atoms with Crippen LogP contribution in [0.3, 0.4) is 0 Å². The van der Waals surface area contributed by atoms with Crippen LogP contribution in [0.15, 0.2) is 6.07 Å². The molecule has 2 saturated carbocycles. The van der Waals surface area contributed by atoms with Gasteiger partial charge in [0.25, 0.3) is 0 Å². The van der Waals surface area contributed by atoms with Crippen LogP contribution in [-0.4, -0.2) is 56.6 Å². The second-order valence-corrected chi connectivity index (χ2v) is 11.3. The molecule has 2 aromatic rings. The van der Waals surface area contributed by atoms with Gasteiger partial charge in [-0.25, -0.2) is 4.98 Å². The molecule has 0 bridgehead atoms. The Morgan fingerprint density at radius 2 is 1.91 bits per heavy atom. The lowest BCUT2D eigenvalue weighted by atomic mass is 10.0. The van der Waals surface area contributed by atoms with E-state index in [1.807, 2.05) is 0 Å². The Labute approximate surface area is 200 Å². The molecule has 2 aliphatic heterocycles. The topological polar surface area (TPSA) is 90.0 Å². The van der Waals surface area contributed by atoms with Crippen molar-refractivity contribution < 1.29 is 4.79 Å². The van der Waals surface area contributed by atoms with Gasteiger partial charge in [-0.05, 0) is 69.6 Å². The number of nitrogens with one attached hydrogen (secondary N) is 2. The zero-order chi connectivity index (χ0) is 22.7. The van der Waals surface area contributed by atoms with Gasteiger partial charge < -0.3 is 15.1 Å². The molecule has 8 heteroatoms. The number of nitrogens with zero attached hydrogens (tertiary/aromatic N) is 5. The Morgan fingerprint density at radius 3 is 2.74 bits per heavy atom. The highest BCUT2D eigenvalue weighted by molar-refractivity contribution is 5.86. The van der Waals surface area contributed by atoms with E-state index >= 15 is 0 Å². The predicted molar refractivity (Wildman–Crippen MR) is 130 cm³/mol. The first kappa shape index (κ1) is 20.7. The number of aryl methyl sites for hydroxylation is 1. The summed E-state index contributed by atoms with van der Waals surface area (Å²) in [5, 5.41) is 11.3. The molecule has 1 amide bonds. The van der Waals surface area contributed by atoms with Gasteiger partial charge in [0.05, 0.1) is 5.69 Å². The minimum Gasteiger partial charge on any atom is -0.340 e. The van der Waals surface area contributed by atoms with Gasteiger partial charge in [-0.2, -0.15) is 10.1 Å². The summed E-state index contributed by atoms with van der Waals surface area (Å²) in [6.45, 7) is 2.72. The number of hydrogen-bond acceptors (Lipinski definition) is 6. The second-order valence-electron chi connectivity index (χ2n) is 11.3. The highest BCUT2D eigenvalue weighted by Crippen LogP contribution is 2.52. The summed E-state index contributed by atoms with van der Waals surface area (Å²) in [5.41, 5.74) is 4.04. The third-order valence-electron chi connectivity index (χ3n) is 9.06. The van der Waals surface area contributed by atoms with Gasteiger partial charge in [-0.1, -0.05) is 12.8 Å². The molecule has 34 heavy (non-hydrogen) atoms. The molecule has 0 unspecified atom stereocenters. The highest BCUT2D eigenvalue weighted by Gasteiger charge is 2.50. The number of carbonyl (C=O) groups excluding carboxylic acids is 1. The van der Waals surface area contributed by atoms with E-state index in [9.17, 15) is 4.79 Å². The number of likely N-dealkylation sites (tertiary alicyclic amines) is 1. The van der Waals surface area contributed by atoms with Crippen molar-refractivity contribution in [2.45, 2.75) is 89.0 Å². The molecule has 2 N–H and O–H groups in total. The van der Waals surface area contributed by atoms with Crippen LogP contribution in [0.1, 0.15) is 87.1 Å². The monoisotopic (exact) mass is 461 g/mol. The Hall–Kier alpha value is -2.64. The lowest BCUT2D eigenvalue weighted by molar-refractivity contribution is -0.131. The molecule has 2 aromatic heterocycles. The number of fused-ring (bicyclic) bond motifs is 1. The summed E-state index contributed by atoms with van der Waals surface area (Å²) < 4.78 is 0. The first-order valence-corrected chi connectivity index (χ1v) is 13.5. The largest absolute Gasteiger partial charge is 0.340 e. The molecule has 1 atom stereocenters. The Balaban J connectivity index is 1.14. The van der Waals surface area contributed by atoms with Gasteiger partial charge in [-0.15, -0.1) is 0 Å². The maximum Gasteiger partial charge on any atom is 0.245 e. The van der Waals surface area contributed by atoms with Crippen molar-refractivity contribution in [3.63, 3.8) is 0 Å². The zero-order valence-electron chi connectivity index (χ0n) is 20.0. The van der Waals surface area contributed by atoms with Crippen molar-refractivity contribution in [2.75, 3.05) is 29.9 Å². The van der Waals surface area contributed by atoms with Crippen LogP contribution in [-0.2, 0) is 17.6 Å². The van der Waals surface area contributed by atoms with E-state index in [1.165, 1.54) is 56.2 Å². The molecule has 4 fully saturated rings. The molecule has 0 radical (unpaired) electrons. The van der Waals surface area contributed by atoms with E-state index < -0.39 is 0 Å². The van der Waals surface area contributed by atoms with Crippen LogP contribution in [0.2, 0.25) is 0 Å². The fourth-order valence-electron chi connectivity index (χ4n) is 6.80. The summed E-state index contributed by atoms with van der Waals surface area (Å²) in [5.74, 6) is 3.31. The first-order chi connectivity index (χ1) is 16.7. The van der Waals surface area contributed by atoms with Gasteiger partial charge in [0.1, 0.15) is 11.9 Å². The number of carbonyl (C=O) groups is 1. The van der Waals surface area contributed by atoms with Crippen LogP contribution >= 0.6 is 0 Å². The number of rotatable bonds is 5. The maximum atomic E-state index is 13.5. The third kappa shape index (κ3) is 3.57. The summed E-state index contributed by atoms with van der Waals surface area (Å²) in [6.07, 6.45) is 13.9. The van der Waals surface area contributed by atoms with E-state index in [-0.39, 0.29) is 11.9 Å². The van der Waals surface area contributed by atoms with Crippen molar-refractivity contribution in [2.24, 2.45) is 5.41 Å². The van der Waals surface area contributed by atoms with Crippen molar-refractivity contribution in [3.8, 4) is 0 Å². The normalized spacial score (nSPS) is 25.5. The molecule has 4 heterocycles. The van der Waals surface area contributed by atoms with Crippen molar-refractivity contribution in [1.82, 2.24) is 25.1 Å². The number of amides is 1. The van der Waals surface area contributed by atoms with Crippen LogP contribution in [0.4, 0.5) is 17.6 Å². The fraction of sp³-hybridized carbons (Fsp3) is 0.692. The Morgan fingerprint density at radius 1 is 1.03 bits per heavy atom. The predicted octanol–water partition coefficient (Wildman–Crippen LogP) is 4.07. The number of anilines is 3. The van der Waals surface area contributed by atoms with Crippen molar-refractivity contribution in [3.05, 3.63) is 23.0 Å². The van der Waals surface area contributed by atoms with Crippen LogP contribution in [0, 0.1) is 5.41 Å². The number of hydrogen-bond donors (Lipinski definition) is 2. The van der Waals surface area contributed by atoms with Crippen LogP contribution < -0.4 is 10.2 Å². The quantitative estimate of drug-likeness (QED) is 0.698. The third-order valence-corrected chi connectivity index (χ3v) is 9.06. The molecular weight excluding hydrogens is 426 g/mol. The molecule has 1 spiro atoms. The van der Waals surface area contributed by atoms with E-state index in [0.29, 0.717) is 17.3 Å². The molecule has 8 nitrogen and oxygen atoms in total. The van der Waals surface area contributed by atoms with E-state index in [4.69, 9.17) is 9.97 Å². The van der Waals surface area contributed by atoms with E-state index in [1.54, 1.807) is 0 Å². The van der Waals surface area contributed by atoms with Crippen molar-refractivity contribution >= 4 is 23.5 Å². The average Bonchev–Trinajstić information content (AvgIpc) is 3.50. The fourth-order valence-corrected chi connectivity index (χ4v) is 6.80. The Kier molecular flexibility index (Phi) is 4.84. The molecule has 2 saturated heterocycles. The van der Waals surface area contributed by atoms with E-state index in [0.717, 1.165) is 69.1 Å². The first-order valence-electron chi connectivity index (χ1n) is 13.5. The van der Waals surface area contributed by atoms with Gasteiger partial charge >= 0.3 is 0 Å². The minimum absolute atomic E-state index is 0.124. The molecule has 5 aliphatic rings. The highest BCUT2D eigenvalue weighted by atomic mass is 16.2. The summed E-state index contributed by atoms with van der Waals surface area (Å²) in [7, 11) is 0. The minimum atomic E-state index is -0.124. The number of aromatic amines is 1. The SMILES string of the molecule is O=C([C@@H]1CCCN1c1nc2c(c(Nc3cc(C4CCCC4)[nH]n3)n1)CCC2)N1CCC2(CC2)C1. The van der Waals surface area contributed by atoms with Gasteiger partial charge in [0.15, 0.2) is 5.82 Å². The summed E-state index contributed by atoms with van der Waals surface area (Å²) in [4.78, 5) is 27.8. The molecule has 7 rings (SSSR count). The smallest absolute Gasteiger partial charge is 0.245 e. The number of aromatic nitrogens is 4. The lowest BCUT2D eigenvalue weighted by Gasteiger charge is -2.28. The number of H-pyrrole nitrogens is 1. The van der Waals surface area contributed by atoms with Crippen LogP contribution in [0.5, 0.6) is 0 Å². The second kappa shape index (κ2) is 7.95. The summed E-state index contributed by atoms with van der Waals surface area (Å²) in [6, 6.07) is 2.03. The molecule has 0 aromatic carbocycles. The van der Waals surface area contributed by atoms with Gasteiger partial charge in [0, 0.05) is 42.9 Å². The summed E-state index contributed by atoms with van der Waals surface area (Å²) >= 11 is 0. The van der Waals surface area contributed by atoms with Gasteiger partial charge in [0.2, 0.25) is 11.9 Å². The molecule has 3 aliphatic carbocycles. The molecule has 180 valence electrons. The van der Waals surface area contributed by atoms with Crippen molar-refractivity contribution in [1.29, 1.82) is 0 Å². The zero-order valence-corrected chi connectivity index (χ0v) is 20.0. The Bertz CT molecular complexity index is 1100. The van der Waals surface area contributed by atoms with E-state index in [2.05, 4.69) is 31.4 Å². The average molecular weight is 462 g/mol. The molecular formula is C26H35N7O. The standard InChI is InChI=1S/C26H35N7O/c34-24(32-14-12-26(16-32)10-11-26)21-9-4-13-33(21)25-27-19-8-3-7-18(19)23(29-25)28-22-15-20(30-31-22)17-5-1-2-6-17/h15,17,21H,1-14,16H2,(H2,27,28,29,30,31)/t21-/m0/s1. The lowest BCUT2D eigenvalue weighted by Crippen LogP contribution is -2.45. The van der Waals surface area contributed by atoms with Gasteiger partial charge in [-0.3, -0.25) is 9.89 Å². The maximum absolute atomic E-state index is 13.5. The van der Waals surface area contributed by atoms with Crippen LogP contribution in [0.25, 0.3) is 0 Å².